The highest BCUT2D eigenvalue weighted by molar-refractivity contribution is 6.75. The van der Waals surface area contributed by atoms with Gasteiger partial charge in [-0.1, -0.05) is 44.8 Å². The van der Waals surface area contributed by atoms with Crippen molar-refractivity contribution in [3.63, 3.8) is 0 Å². The molecule has 2 rings (SSSR count). The van der Waals surface area contributed by atoms with Crippen LogP contribution in [0.5, 0.6) is 11.5 Å². The number of rotatable bonds is 3. The van der Waals surface area contributed by atoms with Crippen LogP contribution in [0.25, 0.3) is 10.8 Å². The zero-order chi connectivity index (χ0) is 14.2. The Morgan fingerprint density at radius 3 is 2.32 bits per heavy atom. The van der Waals surface area contributed by atoms with Crippen LogP contribution in [-0.2, 0) is 12.5 Å². The van der Waals surface area contributed by atoms with E-state index < -0.39 is 8.07 Å². The second-order valence-corrected chi connectivity index (χ2v) is 11.8. The van der Waals surface area contributed by atoms with Crippen LogP contribution in [0.3, 0.4) is 0 Å². The molecule has 0 radical (unpaired) electrons. The molecule has 0 aliphatic rings. The van der Waals surface area contributed by atoms with Crippen LogP contribution in [0, 0.1) is 0 Å². The molecule has 19 heavy (non-hydrogen) atoms. The van der Waals surface area contributed by atoms with Gasteiger partial charge < -0.3 is 10.2 Å². The van der Waals surface area contributed by atoms with Gasteiger partial charge in [-0.2, -0.15) is 0 Å². The van der Waals surface area contributed by atoms with Crippen molar-refractivity contribution in [1.29, 1.82) is 0 Å². The molecule has 0 spiro atoms. The van der Waals surface area contributed by atoms with Gasteiger partial charge in [-0.25, -0.2) is 0 Å². The standard InChI is InChI=1S/C16H22O2Si/c1-5-11-9-12(10-19(2,3)4)13-7-6-8-14(17)15(13)16(11)18/h6-9,17-18H,5,10H2,1-4H3. The highest BCUT2D eigenvalue weighted by Gasteiger charge is 2.19. The van der Waals surface area contributed by atoms with Crippen LogP contribution in [-0.4, -0.2) is 18.3 Å². The van der Waals surface area contributed by atoms with Crippen molar-refractivity contribution in [3.8, 4) is 11.5 Å². The molecule has 0 fully saturated rings. The number of hydrogen-bond donors (Lipinski definition) is 2. The Kier molecular flexibility index (Phi) is 3.59. The highest BCUT2D eigenvalue weighted by atomic mass is 28.3. The Bertz CT molecular complexity index is 612. The largest absolute Gasteiger partial charge is 0.507 e. The fraction of sp³-hybridized carbons (Fsp3) is 0.375. The SMILES string of the molecule is CCc1cc(C[Si](C)(C)C)c2cccc(O)c2c1O. The summed E-state index contributed by atoms with van der Waals surface area (Å²) in [5, 5.41) is 21.9. The summed E-state index contributed by atoms with van der Waals surface area (Å²) >= 11 is 0. The van der Waals surface area contributed by atoms with Gasteiger partial charge in [0.15, 0.2) is 0 Å². The van der Waals surface area contributed by atoms with Gasteiger partial charge in [0.2, 0.25) is 0 Å². The predicted molar refractivity (Wildman–Crippen MR) is 83.7 cm³/mol. The van der Waals surface area contributed by atoms with Gasteiger partial charge in [0, 0.05) is 8.07 Å². The molecule has 0 aliphatic carbocycles. The molecule has 0 heterocycles. The van der Waals surface area contributed by atoms with E-state index >= 15 is 0 Å². The lowest BCUT2D eigenvalue weighted by atomic mass is 9.98. The third-order valence-electron chi connectivity index (χ3n) is 3.38. The van der Waals surface area contributed by atoms with Crippen molar-refractivity contribution >= 4 is 18.8 Å². The van der Waals surface area contributed by atoms with Gasteiger partial charge in [-0.15, -0.1) is 0 Å². The van der Waals surface area contributed by atoms with Crippen LogP contribution in [0.4, 0.5) is 0 Å². The summed E-state index contributed by atoms with van der Waals surface area (Å²) < 4.78 is 0. The normalized spacial score (nSPS) is 12.0. The first-order valence-electron chi connectivity index (χ1n) is 6.79. The van der Waals surface area contributed by atoms with Crippen molar-refractivity contribution in [2.75, 3.05) is 0 Å². The van der Waals surface area contributed by atoms with E-state index in [2.05, 4.69) is 25.7 Å². The van der Waals surface area contributed by atoms with E-state index in [1.54, 1.807) is 6.07 Å². The number of aromatic hydroxyl groups is 2. The zero-order valence-electron chi connectivity index (χ0n) is 12.1. The molecule has 0 aromatic heterocycles. The Hall–Kier alpha value is -1.48. The Morgan fingerprint density at radius 2 is 1.74 bits per heavy atom. The number of phenols is 2. The minimum absolute atomic E-state index is 0.169. The maximum atomic E-state index is 10.3. The van der Waals surface area contributed by atoms with Crippen molar-refractivity contribution < 1.29 is 10.2 Å². The van der Waals surface area contributed by atoms with Crippen molar-refractivity contribution in [2.45, 2.75) is 39.0 Å². The van der Waals surface area contributed by atoms with Gasteiger partial charge in [0.1, 0.15) is 11.5 Å². The van der Waals surface area contributed by atoms with E-state index in [0.29, 0.717) is 5.39 Å². The predicted octanol–water partition coefficient (Wildman–Crippen LogP) is 4.23. The van der Waals surface area contributed by atoms with E-state index in [4.69, 9.17) is 0 Å². The number of phenolic OH excluding ortho intramolecular Hbond substituents is 2. The van der Waals surface area contributed by atoms with Crippen molar-refractivity contribution in [3.05, 3.63) is 35.4 Å². The van der Waals surface area contributed by atoms with Crippen molar-refractivity contribution in [2.24, 2.45) is 0 Å². The molecule has 102 valence electrons. The summed E-state index contributed by atoms with van der Waals surface area (Å²) in [6.45, 7) is 9.03. The third kappa shape index (κ3) is 2.76. The quantitative estimate of drug-likeness (QED) is 0.822. The molecule has 3 heteroatoms. The molecular formula is C16H22O2Si. The molecule has 0 bridgehead atoms. The smallest absolute Gasteiger partial charge is 0.130 e. The Morgan fingerprint density at radius 1 is 1.05 bits per heavy atom. The van der Waals surface area contributed by atoms with Crippen LogP contribution in [0.1, 0.15) is 18.1 Å². The summed E-state index contributed by atoms with van der Waals surface area (Å²) in [5.41, 5.74) is 2.17. The van der Waals surface area contributed by atoms with Crippen LogP contribution in [0.2, 0.25) is 19.6 Å². The van der Waals surface area contributed by atoms with Gasteiger partial charge >= 0.3 is 0 Å². The van der Waals surface area contributed by atoms with Gasteiger partial charge in [-0.05, 0) is 35.0 Å². The minimum atomic E-state index is -1.25. The molecule has 2 N–H and O–H groups in total. The van der Waals surface area contributed by atoms with E-state index in [9.17, 15) is 10.2 Å². The van der Waals surface area contributed by atoms with Crippen molar-refractivity contribution in [1.82, 2.24) is 0 Å². The monoisotopic (exact) mass is 274 g/mol. The summed E-state index contributed by atoms with van der Waals surface area (Å²) in [4.78, 5) is 0. The summed E-state index contributed by atoms with van der Waals surface area (Å²) in [7, 11) is -1.25. The summed E-state index contributed by atoms with van der Waals surface area (Å²) in [5.74, 6) is 0.400. The fourth-order valence-corrected chi connectivity index (χ4v) is 4.00. The number of aryl methyl sites for hydroxylation is 1. The maximum absolute atomic E-state index is 10.3. The molecule has 2 aromatic rings. The Balaban J connectivity index is 2.77. The Labute approximate surface area is 115 Å². The number of fused-ring (bicyclic) bond motifs is 1. The van der Waals surface area contributed by atoms with Gasteiger partial charge in [0.25, 0.3) is 0 Å². The van der Waals surface area contributed by atoms with Gasteiger partial charge in [-0.3, -0.25) is 0 Å². The van der Waals surface area contributed by atoms with Crippen LogP contribution in [0.15, 0.2) is 24.3 Å². The minimum Gasteiger partial charge on any atom is -0.507 e. The first-order chi connectivity index (χ1) is 8.83. The van der Waals surface area contributed by atoms with Crippen LogP contribution < -0.4 is 0 Å². The lowest BCUT2D eigenvalue weighted by molar-refractivity contribution is 0.460. The third-order valence-corrected chi connectivity index (χ3v) is 4.82. The molecule has 0 aliphatic heterocycles. The highest BCUT2D eigenvalue weighted by Crippen LogP contribution is 2.38. The number of hydrogen-bond acceptors (Lipinski definition) is 2. The lowest BCUT2D eigenvalue weighted by Crippen LogP contribution is -2.24. The molecule has 0 unspecified atom stereocenters. The zero-order valence-corrected chi connectivity index (χ0v) is 13.1. The van der Waals surface area contributed by atoms with E-state index in [1.807, 2.05) is 19.1 Å². The van der Waals surface area contributed by atoms with E-state index in [0.717, 1.165) is 23.4 Å². The van der Waals surface area contributed by atoms with E-state index in [1.165, 1.54) is 5.56 Å². The van der Waals surface area contributed by atoms with Crippen LogP contribution >= 0.6 is 0 Å². The first-order valence-corrected chi connectivity index (χ1v) is 10.5. The second-order valence-electron chi connectivity index (χ2n) is 6.33. The average molecular weight is 274 g/mol. The fourth-order valence-electron chi connectivity index (χ4n) is 2.56. The second kappa shape index (κ2) is 4.89. The first kappa shape index (κ1) is 13.9. The molecule has 2 nitrogen and oxygen atoms in total. The van der Waals surface area contributed by atoms with E-state index in [-0.39, 0.29) is 11.5 Å². The lowest BCUT2D eigenvalue weighted by Gasteiger charge is -2.19. The molecular weight excluding hydrogens is 252 g/mol. The van der Waals surface area contributed by atoms with Gasteiger partial charge in [0.05, 0.1) is 5.39 Å². The molecule has 2 aromatic carbocycles. The maximum Gasteiger partial charge on any atom is 0.130 e. The molecule has 0 saturated heterocycles. The summed E-state index contributed by atoms with van der Waals surface area (Å²) in [6, 6.07) is 8.63. The molecule has 0 saturated carbocycles. The average Bonchev–Trinajstić information content (AvgIpc) is 2.31. The molecule has 0 amide bonds. The summed E-state index contributed by atoms with van der Waals surface area (Å²) in [6.07, 6.45) is 0.773. The number of benzene rings is 2. The topological polar surface area (TPSA) is 40.5 Å². The molecule has 0 atom stereocenters.